The number of carbonyl (C=O) groups is 2. The number of nitrogens with one attached hydrogen (secondary N) is 1. The highest BCUT2D eigenvalue weighted by Crippen LogP contribution is 2.44. The van der Waals surface area contributed by atoms with Crippen LogP contribution in [0.25, 0.3) is 5.76 Å². The Labute approximate surface area is 234 Å². The fourth-order valence-electron chi connectivity index (χ4n) is 4.39. The van der Waals surface area contributed by atoms with Crippen LogP contribution in [-0.2, 0) is 25.0 Å². The van der Waals surface area contributed by atoms with Gasteiger partial charge in [-0.25, -0.2) is 9.79 Å². The van der Waals surface area contributed by atoms with Crippen LogP contribution in [-0.4, -0.2) is 48.2 Å². The molecular formula is C27H29F3N4O6S. The third-order valence-corrected chi connectivity index (χ3v) is 7.77. The highest BCUT2D eigenvalue weighted by atomic mass is 32.2. The van der Waals surface area contributed by atoms with Crippen LogP contribution in [0.4, 0.5) is 24.5 Å². The number of amidine groups is 2. The van der Waals surface area contributed by atoms with E-state index in [9.17, 15) is 31.5 Å². The lowest BCUT2D eigenvalue weighted by atomic mass is 9.66. The van der Waals surface area contributed by atoms with E-state index < -0.39 is 27.6 Å². The Kier molecular flexibility index (Phi) is 8.67. The lowest BCUT2D eigenvalue weighted by Crippen LogP contribution is -2.42. The maximum absolute atomic E-state index is 13.9. The summed E-state index contributed by atoms with van der Waals surface area (Å²) in [6.07, 6.45) is -3.75. The zero-order chi connectivity index (χ0) is 30.9. The molecule has 1 aliphatic heterocycles. The molecule has 41 heavy (non-hydrogen) atoms. The third-order valence-electron chi connectivity index (χ3n) is 6.46. The molecule has 1 atom stereocenters. The van der Waals surface area contributed by atoms with Gasteiger partial charge in [0.15, 0.2) is 11.6 Å². The van der Waals surface area contributed by atoms with Crippen LogP contribution in [0.5, 0.6) is 0 Å². The second kappa shape index (κ2) is 11.4. The van der Waals surface area contributed by atoms with Crippen LogP contribution in [0.2, 0.25) is 0 Å². The number of Topliss-reactive ketones (excluding diaryl/α,β-unsaturated/α-hetero) is 1. The highest BCUT2D eigenvalue weighted by molar-refractivity contribution is 7.90. The van der Waals surface area contributed by atoms with Gasteiger partial charge in [-0.3, -0.25) is 4.79 Å². The number of carbonyl (C=O) groups excluding carboxylic acids is 1. The Hall–Kier alpha value is -4.20. The van der Waals surface area contributed by atoms with Crippen LogP contribution in [0.15, 0.2) is 62.3 Å². The minimum absolute atomic E-state index is 0.0786. The van der Waals surface area contributed by atoms with Gasteiger partial charge in [-0.1, -0.05) is 38.1 Å². The van der Waals surface area contributed by atoms with Gasteiger partial charge in [0.25, 0.3) is 10.0 Å². The van der Waals surface area contributed by atoms with Gasteiger partial charge in [-0.2, -0.15) is 21.6 Å². The number of carboxylic acid groups (broad SMARTS) is 1. The molecule has 0 fully saturated rings. The molecule has 2 aromatic rings. The molecule has 0 saturated heterocycles. The van der Waals surface area contributed by atoms with Crippen LogP contribution in [0, 0.1) is 5.92 Å². The average Bonchev–Trinajstić information content (AvgIpc) is 2.86. The number of halogens is 3. The minimum Gasteiger partial charge on any atom is -0.506 e. The van der Waals surface area contributed by atoms with Crippen molar-refractivity contribution in [1.29, 1.82) is 0 Å². The molecule has 1 aliphatic carbocycles. The summed E-state index contributed by atoms with van der Waals surface area (Å²) in [4.78, 5) is 26.8. The standard InChI is InChI=1S/C25H28N4O4S.C2HF3O2/c1-14(2)11-12-25(4)18-8-6-5-7-17(18)22(30)21(23(25)31)24-28-19-10-9-16(27-15(3)26)13-20(19)34(32,33)29-24;3-2(4,5)1(6)7/h5-10,13-14,30H,11-12H2,1-4H3,(H2,26,27)(H,28,29);(H,6,7)/t25-;/m1./s1. The second-order valence-electron chi connectivity index (χ2n) is 10.1. The topological polar surface area (TPSA) is 172 Å². The number of aliphatic carboxylic acids is 1. The lowest BCUT2D eigenvalue weighted by Gasteiger charge is -2.36. The minimum atomic E-state index is -5.08. The van der Waals surface area contributed by atoms with Gasteiger partial charge in [0.2, 0.25) is 0 Å². The van der Waals surface area contributed by atoms with E-state index in [0.29, 0.717) is 23.6 Å². The number of aliphatic hydroxyl groups is 1. The van der Waals surface area contributed by atoms with E-state index in [1.165, 1.54) is 6.07 Å². The smallest absolute Gasteiger partial charge is 0.490 e. The first-order valence-corrected chi connectivity index (χ1v) is 13.8. The predicted octanol–water partition coefficient (Wildman–Crippen LogP) is 5.09. The fourth-order valence-corrected chi connectivity index (χ4v) is 5.53. The molecule has 5 N–H and O–H groups in total. The fraction of sp³-hybridized carbons (Fsp3) is 0.333. The molecule has 2 aromatic carbocycles. The molecule has 10 nitrogen and oxygen atoms in total. The average molecular weight is 595 g/mol. The maximum Gasteiger partial charge on any atom is 0.490 e. The Morgan fingerprint density at radius 3 is 2.37 bits per heavy atom. The van der Waals surface area contributed by atoms with Crippen molar-refractivity contribution in [3.05, 3.63) is 59.2 Å². The van der Waals surface area contributed by atoms with E-state index in [4.69, 9.17) is 15.6 Å². The number of fused-ring (bicyclic) bond motifs is 2. The number of ketones is 1. The number of aliphatic imine (C=N–C) groups is 1. The first-order chi connectivity index (χ1) is 18.9. The van der Waals surface area contributed by atoms with Crippen molar-refractivity contribution >= 4 is 50.6 Å². The van der Waals surface area contributed by atoms with Gasteiger partial charge >= 0.3 is 12.1 Å². The SMILES string of the molecule is CC(N)=Nc1ccc2c(c1)S(=O)(=O)N=C(C1=C(O)c3ccccc3[C@@](C)(CCC(C)C)C1=O)N2.O=C(O)C(F)(F)F. The summed E-state index contributed by atoms with van der Waals surface area (Å²) in [7, 11) is -4.17. The Balaban J connectivity index is 0.000000587. The number of rotatable bonds is 5. The second-order valence-corrected chi connectivity index (χ2v) is 11.7. The van der Waals surface area contributed by atoms with Crippen molar-refractivity contribution in [2.24, 2.45) is 21.0 Å². The van der Waals surface area contributed by atoms with Crippen molar-refractivity contribution in [3.8, 4) is 0 Å². The number of hydrogen-bond donors (Lipinski definition) is 4. The molecular weight excluding hydrogens is 565 g/mol. The number of benzene rings is 2. The van der Waals surface area contributed by atoms with Crippen molar-refractivity contribution in [2.75, 3.05) is 5.32 Å². The Bertz CT molecular complexity index is 1590. The van der Waals surface area contributed by atoms with Gasteiger partial charge < -0.3 is 21.3 Å². The summed E-state index contributed by atoms with van der Waals surface area (Å²) in [5, 5.41) is 21.2. The molecule has 220 valence electrons. The number of hydrogen-bond acceptors (Lipinski definition) is 7. The van der Waals surface area contributed by atoms with Crippen LogP contribution in [0.3, 0.4) is 0 Å². The highest BCUT2D eigenvalue weighted by Gasteiger charge is 2.46. The lowest BCUT2D eigenvalue weighted by molar-refractivity contribution is -0.192. The van der Waals surface area contributed by atoms with E-state index in [2.05, 4.69) is 28.6 Å². The van der Waals surface area contributed by atoms with Gasteiger partial charge in [0.1, 0.15) is 16.2 Å². The largest absolute Gasteiger partial charge is 0.506 e. The zero-order valence-corrected chi connectivity index (χ0v) is 23.4. The van der Waals surface area contributed by atoms with Crippen LogP contribution < -0.4 is 11.1 Å². The van der Waals surface area contributed by atoms with Crippen molar-refractivity contribution in [1.82, 2.24) is 0 Å². The van der Waals surface area contributed by atoms with Gasteiger partial charge in [0, 0.05) is 5.56 Å². The summed E-state index contributed by atoms with van der Waals surface area (Å²) in [6, 6.07) is 11.7. The van der Waals surface area contributed by atoms with Gasteiger partial charge in [-0.15, -0.1) is 4.40 Å². The molecule has 2 aliphatic rings. The number of carboxylic acids is 1. The van der Waals surface area contributed by atoms with Crippen LogP contribution >= 0.6 is 0 Å². The van der Waals surface area contributed by atoms with E-state index >= 15 is 0 Å². The summed E-state index contributed by atoms with van der Waals surface area (Å²) in [5.41, 5.74) is 6.39. The first-order valence-electron chi connectivity index (χ1n) is 12.3. The van der Waals surface area contributed by atoms with Gasteiger partial charge in [0.05, 0.1) is 22.6 Å². The van der Waals surface area contributed by atoms with E-state index in [0.717, 1.165) is 12.0 Å². The summed E-state index contributed by atoms with van der Waals surface area (Å²) in [6.45, 7) is 7.60. The summed E-state index contributed by atoms with van der Waals surface area (Å²) >= 11 is 0. The summed E-state index contributed by atoms with van der Waals surface area (Å²) in [5.74, 6) is -2.94. The number of nitrogens with two attached hydrogens (primary N) is 1. The Morgan fingerprint density at radius 1 is 1.20 bits per heavy atom. The monoisotopic (exact) mass is 594 g/mol. The van der Waals surface area contributed by atoms with Crippen molar-refractivity contribution in [2.45, 2.75) is 57.0 Å². The number of nitrogens with zero attached hydrogens (tertiary/aromatic N) is 2. The summed E-state index contributed by atoms with van der Waals surface area (Å²) < 4.78 is 61.8. The first kappa shape index (κ1) is 31.3. The number of aliphatic hydroxyl groups excluding tert-OH is 1. The predicted molar refractivity (Wildman–Crippen MR) is 148 cm³/mol. The van der Waals surface area contributed by atoms with Gasteiger partial charge in [-0.05, 0) is 56.4 Å². The molecule has 4 rings (SSSR count). The Morgan fingerprint density at radius 2 is 1.80 bits per heavy atom. The maximum atomic E-state index is 13.9. The molecule has 0 unspecified atom stereocenters. The van der Waals surface area contributed by atoms with E-state index in [-0.39, 0.29) is 39.4 Å². The zero-order valence-electron chi connectivity index (χ0n) is 22.6. The molecule has 0 amide bonds. The molecule has 0 bridgehead atoms. The number of alkyl halides is 3. The van der Waals surface area contributed by atoms with Crippen molar-refractivity contribution in [3.63, 3.8) is 0 Å². The van der Waals surface area contributed by atoms with Crippen molar-refractivity contribution < 1.29 is 41.4 Å². The number of anilines is 1. The molecule has 1 heterocycles. The normalized spacial score (nSPS) is 19.9. The van der Waals surface area contributed by atoms with Crippen LogP contribution in [0.1, 0.15) is 51.7 Å². The molecule has 0 spiro atoms. The quantitative estimate of drug-likeness (QED) is 0.274. The third kappa shape index (κ3) is 6.59. The molecule has 0 radical (unpaired) electrons. The van der Waals surface area contributed by atoms with E-state index in [1.807, 2.05) is 19.1 Å². The number of sulfonamides is 1. The molecule has 14 heteroatoms. The van der Waals surface area contributed by atoms with E-state index in [1.54, 1.807) is 31.2 Å². The molecule has 0 aromatic heterocycles. The molecule has 0 saturated carbocycles.